The van der Waals surface area contributed by atoms with Crippen LogP contribution in [0.2, 0.25) is 5.02 Å². The van der Waals surface area contributed by atoms with E-state index in [-0.39, 0.29) is 34.8 Å². The molecule has 1 amide bonds. The van der Waals surface area contributed by atoms with Crippen LogP contribution in [0.3, 0.4) is 0 Å². The Kier molecular flexibility index (Phi) is 10.7. The monoisotopic (exact) mass is 583 g/mol. The molecule has 2 atom stereocenters. The lowest BCUT2D eigenvalue weighted by molar-refractivity contribution is -0.147. The fraction of sp³-hybridized carbons (Fsp3) is 0.438. The van der Waals surface area contributed by atoms with Gasteiger partial charge in [-0.05, 0) is 55.0 Å². The van der Waals surface area contributed by atoms with Crippen molar-refractivity contribution >= 4 is 40.7 Å². The summed E-state index contributed by atoms with van der Waals surface area (Å²) in [7, 11) is 0. The highest BCUT2D eigenvalue weighted by atomic mass is 35.5. The minimum atomic E-state index is -1.10. The number of amides is 1. The number of carbonyl (C=O) groups is 3. The van der Waals surface area contributed by atoms with Crippen LogP contribution < -0.4 is 5.63 Å². The Balaban J connectivity index is 1.45. The smallest absolute Gasteiger partial charge is 0.336 e. The molecular weight excluding hydrogens is 549 g/mol. The predicted octanol–water partition coefficient (Wildman–Crippen LogP) is 6.68. The number of hydrogen-bond donors (Lipinski definition) is 0. The molecule has 9 heteroatoms. The third kappa shape index (κ3) is 7.82. The zero-order valence-corrected chi connectivity index (χ0v) is 24.0. The van der Waals surface area contributed by atoms with Gasteiger partial charge in [-0.25, -0.2) is 9.18 Å². The van der Waals surface area contributed by atoms with Gasteiger partial charge in [-0.15, -0.1) is 0 Å². The van der Waals surface area contributed by atoms with Gasteiger partial charge in [0.15, 0.2) is 0 Å². The van der Waals surface area contributed by atoms with E-state index in [4.69, 9.17) is 20.8 Å². The number of benzene rings is 2. The SMILES string of the molecule is CCCCCCCOC(=O)C[C@H]1CCCN(C(=O)[C@@H](C=O)c2ccc3c(-c4ccc(F)cc4Cl)cc(=O)oc3c2)C1. The molecule has 1 saturated heterocycles. The number of rotatable bonds is 12. The van der Waals surface area contributed by atoms with Gasteiger partial charge < -0.3 is 18.8 Å². The lowest BCUT2D eigenvalue weighted by atomic mass is 9.91. The Morgan fingerprint density at radius 3 is 2.68 bits per heavy atom. The van der Waals surface area contributed by atoms with E-state index in [1.165, 1.54) is 30.7 Å². The van der Waals surface area contributed by atoms with Crippen molar-refractivity contribution in [2.45, 2.75) is 64.2 Å². The van der Waals surface area contributed by atoms with Crippen LogP contribution in [0.1, 0.15) is 69.8 Å². The molecule has 218 valence electrons. The van der Waals surface area contributed by atoms with Gasteiger partial charge in [-0.2, -0.15) is 0 Å². The summed E-state index contributed by atoms with van der Waals surface area (Å²) in [5.41, 5.74) is 0.821. The third-order valence-corrected chi connectivity index (χ3v) is 7.86. The number of nitrogens with zero attached hydrogens (tertiary/aromatic N) is 1. The molecule has 4 rings (SSSR count). The molecule has 41 heavy (non-hydrogen) atoms. The van der Waals surface area contributed by atoms with Crippen molar-refractivity contribution in [2.75, 3.05) is 19.7 Å². The molecule has 0 radical (unpaired) electrons. The Morgan fingerprint density at radius 2 is 1.93 bits per heavy atom. The Morgan fingerprint density at radius 1 is 1.12 bits per heavy atom. The predicted molar refractivity (Wildman–Crippen MR) is 155 cm³/mol. The summed E-state index contributed by atoms with van der Waals surface area (Å²) in [4.78, 5) is 52.0. The van der Waals surface area contributed by atoms with E-state index in [0.29, 0.717) is 48.1 Å². The van der Waals surface area contributed by atoms with Crippen molar-refractivity contribution in [3.05, 3.63) is 69.3 Å². The van der Waals surface area contributed by atoms with Crippen LogP contribution in [0.4, 0.5) is 4.39 Å². The molecule has 0 spiro atoms. The number of fused-ring (bicyclic) bond motifs is 1. The first-order valence-corrected chi connectivity index (χ1v) is 14.6. The molecule has 2 aromatic carbocycles. The molecule has 1 aliphatic rings. The molecule has 2 heterocycles. The minimum absolute atomic E-state index is 0.0368. The first kappa shape index (κ1) is 30.4. The van der Waals surface area contributed by atoms with Gasteiger partial charge in [0.2, 0.25) is 5.91 Å². The summed E-state index contributed by atoms with van der Waals surface area (Å²) in [6.07, 6.45) is 7.72. The maximum absolute atomic E-state index is 13.6. The lowest BCUT2D eigenvalue weighted by Crippen LogP contribution is -2.43. The van der Waals surface area contributed by atoms with Gasteiger partial charge in [-0.1, -0.05) is 56.3 Å². The molecule has 1 fully saturated rings. The van der Waals surface area contributed by atoms with E-state index in [0.717, 1.165) is 44.6 Å². The summed E-state index contributed by atoms with van der Waals surface area (Å²) >= 11 is 6.24. The molecule has 0 saturated carbocycles. The van der Waals surface area contributed by atoms with Gasteiger partial charge in [-0.3, -0.25) is 9.59 Å². The van der Waals surface area contributed by atoms with E-state index in [1.54, 1.807) is 17.0 Å². The van der Waals surface area contributed by atoms with Gasteiger partial charge in [0.1, 0.15) is 23.6 Å². The fourth-order valence-corrected chi connectivity index (χ4v) is 5.67. The molecule has 7 nitrogen and oxygen atoms in total. The highest BCUT2D eigenvalue weighted by Crippen LogP contribution is 2.34. The number of esters is 1. The number of hydrogen-bond acceptors (Lipinski definition) is 6. The van der Waals surface area contributed by atoms with Gasteiger partial charge >= 0.3 is 11.6 Å². The molecule has 1 aliphatic heterocycles. The second kappa shape index (κ2) is 14.4. The van der Waals surface area contributed by atoms with E-state index in [1.807, 2.05) is 0 Å². The van der Waals surface area contributed by atoms with Crippen molar-refractivity contribution in [3.8, 4) is 11.1 Å². The summed E-state index contributed by atoms with van der Waals surface area (Å²) in [5, 5.41) is 0.665. The summed E-state index contributed by atoms with van der Waals surface area (Å²) in [6.45, 7) is 3.42. The van der Waals surface area contributed by atoms with E-state index in [9.17, 15) is 23.6 Å². The highest BCUT2D eigenvalue weighted by Gasteiger charge is 2.31. The summed E-state index contributed by atoms with van der Waals surface area (Å²) in [6, 6.07) is 9.96. The summed E-state index contributed by atoms with van der Waals surface area (Å²) < 4.78 is 24.4. The second-order valence-corrected chi connectivity index (χ2v) is 11.0. The maximum Gasteiger partial charge on any atom is 0.336 e. The van der Waals surface area contributed by atoms with Crippen LogP contribution >= 0.6 is 11.6 Å². The molecule has 1 aromatic heterocycles. The van der Waals surface area contributed by atoms with E-state index in [2.05, 4.69) is 6.92 Å². The Hall–Kier alpha value is -3.52. The topological polar surface area (TPSA) is 93.9 Å². The number of piperidine rings is 1. The number of halogens is 2. The lowest BCUT2D eigenvalue weighted by Gasteiger charge is -2.33. The summed E-state index contributed by atoms with van der Waals surface area (Å²) in [5.74, 6) is -2.26. The zero-order valence-electron chi connectivity index (χ0n) is 23.2. The number of carbonyl (C=O) groups excluding carboxylic acids is 3. The highest BCUT2D eigenvalue weighted by molar-refractivity contribution is 6.33. The van der Waals surface area contributed by atoms with Gasteiger partial charge in [0.25, 0.3) is 0 Å². The van der Waals surface area contributed by atoms with Crippen molar-refractivity contribution < 1.29 is 27.9 Å². The first-order valence-electron chi connectivity index (χ1n) is 14.2. The fourth-order valence-electron chi connectivity index (χ4n) is 5.40. The average molecular weight is 584 g/mol. The minimum Gasteiger partial charge on any atom is -0.466 e. The quantitative estimate of drug-likeness (QED) is 0.0776. The van der Waals surface area contributed by atoms with Crippen LogP contribution in [-0.4, -0.2) is 42.8 Å². The van der Waals surface area contributed by atoms with E-state index >= 15 is 0 Å². The number of ether oxygens (including phenoxy) is 1. The molecule has 0 aliphatic carbocycles. The molecule has 0 unspecified atom stereocenters. The zero-order chi connectivity index (χ0) is 29.4. The second-order valence-electron chi connectivity index (χ2n) is 10.6. The van der Waals surface area contributed by atoms with Crippen LogP contribution in [0.5, 0.6) is 0 Å². The van der Waals surface area contributed by atoms with Crippen LogP contribution in [0, 0.1) is 11.7 Å². The molecule has 0 bridgehead atoms. The van der Waals surface area contributed by atoms with Crippen molar-refractivity contribution in [3.63, 3.8) is 0 Å². The largest absolute Gasteiger partial charge is 0.466 e. The first-order chi connectivity index (χ1) is 19.8. The van der Waals surface area contributed by atoms with E-state index < -0.39 is 17.4 Å². The van der Waals surface area contributed by atoms with Gasteiger partial charge in [0.05, 0.1) is 18.1 Å². The van der Waals surface area contributed by atoms with Crippen LogP contribution in [-0.2, 0) is 19.1 Å². The average Bonchev–Trinajstić information content (AvgIpc) is 2.95. The maximum atomic E-state index is 13.6. The van der Waals surface area contributed by atoms with Crippen LogP contribution in [0.15, 0.2) is 51.7 Å². The standard InChI is InChI=1S/C32H35ClFNO6/c1-2-3-4-5-6-14-40-30(37)15-21-8-7-13-35(19-21)32(39)27(20-36)22-9-11-25-26(18-31(38)41-29(25)16-22)24-12-10-23(34)17-28(24)33/h9-12,16-18,20-21,27H,2-8,13-15,19H2,1H3/t21-,27+/m1/s1. The Bertz CT molecular complexity index is 1450. The molecule has 3 aromatic rings. The third-order valence-electron chi connectivity index (χ3n) is 7.55. The van der Waals surface area contributed by atoms with Gasteiger partial charge in [0, 0.05) is 35.7 Å². The molecular formula is C32H35ClFNO6. The van der Waals surface area contributed by atoms with Crippen molar-refractivity contribution in [1.29, 1.82) is 0 Å². The number of unbranched alkanes of at least 4 members (excludes halogenated alkanes) is 4. The molecule has 0 N–H and O–H groups in total. The van der Waals surface area contributed by atoms with Crippen molar-refractivity contribution in [2.24, 2.45) is 5.92 Å². The Labute approximate surface area is 243 Å². The van der Waals surface area contributed by atoms with Crippen molar-refractivity contribution in [1.82, 2.24) is 4.90 Å². The van der Waals surface area contributed by atoms with Crippen LogP contribution in [0.25, 0.3) is 22.1 Å². The number of likely N-dealkylation sites (tertiary alicyclic amines) is 1. The number of aldehydes is 1. The normalized spacial score (nSPS) is 16.0.